The number of hydrogen-bond acceptors (Lipinski definition) is 2. The zero-order valence-corrected chi connectivity index (χ0v) is 12.5. The molecule has 2 rings (SSSR count). The molecule has 0 aromatic rings. The molecule has 106 valence electrons. The largest absolute Gasteiger partial charge is 0.390 e. The van der Waals surface area contributed by atoms with Gasteiger partial charge in [0.05, 0.1) is 17.3 Å². The summed E-state index contributed by atoms with van der Waals surface area (Å²) in [5.41, 5.74) is -0.560. The highest BCUT2D eigenvalue weighted by molar-refractivity contribution is 5.02. The lowest BCUT2D eigenvalue weighted by molar-refractivity contribution is -0.182. The third kappa shape index (κ3) is 3.08. The van der Waals surface area contributed by atoms with E-state index in [0.29, 0.717) is 12.0 Å². The van der Waals surface area contributed by atoms with Gasteiger partial charge in [-0.1, -0.05) is 20.3 Å². The Morgan fingerprint density at radius 2 is 2.00 bits per heavy atom. The maximum atomic E-state index is 10.8. The molecule has 0 amide bonds. The van der Waals surface area contributed by atoms with Crippen molar-refractivity contribution in [2.75, 3.05) is 0 Å². The lowest BCUT2D eigenvalue weighted by Crippen LogP contribution is -2.53. The van der Waals surface area contributed by atoms with Gasteiger partial charge < -0.3 is 9.84 Å². The molecular weight excluding hydrogens is 224 g/mol. The Balaban J connectivity index is 2.07. The van der Waals surface area contributed by atoms with Gasteiger partial charge >= 0.3 is 0 Å². The van der Waals surface area contributed by atoms with Gasteiger partial charge in [0.2, 0.25) is 0 Å². The standard InChI is InChI=1S/C16H30O2/c1-5-12(3)18-15(4)8-14-7-13(6-2)9-16(17,10-14)11-15/h12-14,17H,5-11H2,1-4H3. The summed E-state index contributed by atoms with van der Waals surface area (Å²) in [4.78, 5) is 0. The van der Waals surface area contributed by atoms with Crippen molar-refractivity contribution in [1.29, 1.82) is 0 Å². The van der Waals surface area contributed by atoms with Crippen LogP contribution in [0.1, 0.15) is 72.6 Å². The van der Waals surface area contributed by atoms with Gasteiger partial charge in [-0.2, -0.15) is 0 Å². The SMILES string of the molecule is CCC1CC2CC(O)(C1)CC(C)(OC(C)CC)C2. The molecule has 0 saturated heterocycles. The third-order valence-corrected chi connectivity index (χ3v) is 5.07. The number of aliphatic hydroxyl groups is 1. The maximum absolute atomic E-state index is 10.8. The quantitative estimate of drug-likeness (QED) is 0.824. The van der Waals surface area contributed by atoms with Gasteiger partial charge in [-0.25, -0.2) is 0 Å². The first-order valence-corrected chi connectivity index (χ1v) is 7.78. The van der Waals surface area contributed by atoms with Crippen molar-refractivity contribution in [3.63, 3.8) is 0 Å². The van der Waals surface area contributed by atoms with Crippen LogP contribution < -0.4 is 0 Å². The van der Waals surface area contributed by atoms with E-state index in [1.807, 2.05) is 0 Å². The summed E-state index contributed by atoms with van der Waals surface area (Å²) in [6, 6.07) is 0. The van der Waals surface area contributed by atoms with Gasteiger partial charge in [-0.05, 0) is 57.8 Å². The smallest absolute Gasteiger partial charge is 0.0688 e. The Bertz CT molecular complexity index is 291. The van der Waals surface area contributed by atoms with Crippen LogP contribution in [0.4, 0.5) is 0 Å². The Kier molecular flexibility index (Phi) is 4.08. The predicted octanol–water partition coefficient (Wildman–Crippen LogP) is 3.91. The molecule has 2 aliphatic rings. The van der Waals surface area contributed by atoms with Gasteiger partial charge in [0.15, 0.2) is 0 Å². The molecule has 2 bridgehead atoms. The predicted molar refractivity (Wildman–Crippen MR) is 74.5 cm³/mol. The van der Waals surface area contributed by atoms with Crippen molar-refractivity contribution >= 4 is 0 Å². The van der Waals surface area contributed by atoms with Crippen molar-refractivity contribution < 1.29 is 9.84 Å². The van der Waals surface area contributed by atoms with Crippen LogP contribution in [0.5, 0.6) is 0 Å². The minimum Gasteiger partial charge on any atom is -0.390 e. The van der Waals surface area contributed by atoms with Gasteiger partial charge in [-0.15, -0.1) is 0 Å². The summed E-state index contributed by atoms with van der Waals surface area (Å²) in [6.45, 7) is 8.78. The molecule has 0 aromatic carbocycles. The van der Waals surface area contributed by atoms with Crippen LogP contribution in [0.25, 0.3) is 0 Å². The molecule has 0 aliphatic heterocycles. The summed E-state index contributed by atoms with van der Waals surface area (Å²) in [5, 5.41) is 10.8. The van der Waals surface area contributed by atoms with E-state index < -0.39 is 5.60 Å². The fourth-order valence-corrected chi connectivity index (χ4v) is 4.44. The highest BCUT2D eigenvalue weighted by Gasteiger charge is 2.50. The van der Waals surface area contributed by atoms with E-state index in [9.17, 15) is 5.11 Å². The van der Waals surface area contributed by atoms with Crippen LogP contribution in [0.2, 0.25) is 0 Å². The van der Waals surface area contributed by atoms with Crippen LogP contribution in [-0.4, -0.2) is 22.4 Å². The molecule has 5 unspecified atom stereocenters. The van der Waals surface area contributed by atoms with Gasteiger partial charge in [0.1, 0.15) is 0 Å². The lowest BCUT2D eigenvalue weighted by Gasteiger charge is -2.52. The first kappa shape index (κ1) is 14.3. The molecule has 0 spiro atoms. The Hall–Kier alpha value is -0.0800. The Morgan fingerprint density at radius 1 is 1.28 bits per heavy atom. The number of fused-ring (bicyclic) bond motifs is 2. The molecular formula is C16H30O2. The van der Waals surface area contributed by atoms with Crippen LogP contribution in [0.15, 0.2) is 0 Å². The Morgan fingerprint density at radius 3 is 2.56 bits per heavy atom. The second-order valence-corrected chi connectivity index (χ2v) is 7.18. The summed E-state index contributed by atoms with van der Waals surface area (Å²) < 4.78 is 6.24. The average molecular weight is 254 g/mol. The third-order valence-electron chi connectivity index (χ3n) is 5.07. The number of ether oxygens (including phenoxy) is 1. The van der Waals surface area contributed by atoms with Crippen molar-refractivity contribution in [3.05, 3.63) is 0 Å². The molecule has 18 heavy (non-hydrogen) atoms. The molecule has 0 heterocycles. The second-order valence-electron chi connectivity index (χ2n) is 7.18. The van der Waals surface area contributed by atoms with Crippen molar-refractivity contribution in [2.45, 2.75) is 89.9 Å². The number of rotatable bonds is 4. The van der Waals surface area contributed by atoms with Crippen LogP contribution >= 0.6 is 0 Å². The molecule has 2 aliphatic carbocycles. The fourth-order valence-electron chi connectivity index (χ4n) is 4.44. The van der Waals surface area contributed by atoms with Crippen LogP contribution in [-0.2, 0) is 4.74 Å². The molecule has 2 nitrogen and oxygen atoms in total. The molecule has 0 aromatic heterocycles. The molecule has 0 radical (unpaired) electrons. The van der Waals surface area contributed by atoms with Crippen molar-refractivity contribution in [2.24, 2.45) is 11.8 Å². The average Bonchev–Trinajstić information content (AvgIpc) is 2.25. The molecule has 2 fully saturated rings. The molecule has 1 N–H and O–H groups in total. The normalized spacial score (nSPS) is 45.8. The summed E-state index contributed by atoms with van der Waals surface area (Å²) in [6.07, 6.45) is 7.81. The Labute approximate surface area is 112 Å². The van der Waals surface area contributed by atoms with E-state index in [0.717, 1.165) is 38.0 Å². The van der Waals surface area contributed by atoms with E-state index in [4.69, 9.17) is 4.74 Å². The summed E-state index contributed by atoms with van der Waals surface area (Å²) in [7, 11) is 0. The first-order chi connectivity index (χ1) is 8.38. The minimum atomic E-state index is -0.454. The van der Waals surface area contributed by atoms with Gasteiger partial charge in [-0.3, -0.25) is 0 Å². The second kappa shape index (κ2) is 5.13. The monoisotopic (exact) mass is 254 g/mol. The summed E-state index contributed by atoms with van der Waals surface area (Å²) in [5.74, 6) is 1.39. The van der Waals surface area contributed by atoms with Gasteiger partial charge in [0.25, 0.3) is 0 Å². The molecule has 2 heteroatoms. The molecule has 2 saturated carbocycles. The van der Waals surface area contributed by atoms with E-state index >= 15 is 0 Å². The van der Waals surface area contributed by atoms with Crippen molar-refractivity contribution in [3.8, 4) is 0 Å². The van der Waals surface area contributed by atoms with Gasteiger partial charge in [0, 0.05) is 6.42 Å². The number of hydrogen-bond donors (Lipinski definition) is 1. The van der Waals surface area contributed by atoms with E-state index in [2.05, 4.69) is 27.7 Å². The van der Waals surface area contributed by atoms with Crippen molar-refractivity contribution in [1.82, 2.24) is 0 Å². The highest BCUT2D eigenvalue weighted by Crippen LogP contribution is 2.51. The molecule has 5 atom stereocenters. The first-order valence-electron chi connectivity index (χ1n) is 7.78. The summed E-state index contributed by atoms with van der Waals surface area (Å²) >= 11 is 0. The zero-order valence-electron chi connectivity index (χ0n) is 12.5. The fraction of sp³-hybridized carbons (Fsp3) is 1.00. The van der Waals surface area contributed by atoms with Crippen LogP contribution in [0, 0.1) is 11.8 Å². The topological polar surface area (TPSA) is 29.5 Å². The van der Waals surface area contributed by atoms with E-state index in [-0.39, 0.29) is 5.60 Å². The minimum absolute atomic E-state index is 0.105. The van der Waals surface area contributed by atoms with Crippen LogP contribution in [0.3, 0.4) is 0 Å². The lowest BCUT2D eigenvalue weighted by atomic mass is 9.60. The maximum Gasteiger partial charge on any atom is 0.0688 e. The van der Waals surface area contributed by atoms with E-state index in [1.54, 1.807) is 0 Å². The highest BCUT2D eigenvalue weighted by atomic mass is 16.5. The zero-order chi connectivity index (χ0) is 13.4. The van der Waals surface area contributed by atoms with E-state index in [1.165, 1.54) is 12.8 Å².